The number of rotatable bonds is 3. The van der Waals surface area contributed by atoms with Crippen LogP contribution < -0.4 is 5.43 Å². The van der Waals surface area contributed by atoms with E-state index in [0.717, 1.165) is 25.9 Å². The van der Waals surface area contributed by atoms with Crippen LogP contribution in [0.5, 0.6) is 0 Å². The average Bonchev–Trinajstić information content (AvgIpc) is 2.83. The van der Waals surface area contributed by atoms with Gasteiger partial charge in [-0.2, -0.15) is 5.10 Å². The number of hydrogen-bond acceptors (Lipinski definition) is 4. The fourth-order valence-corrected chi connectivity index (χ4v) is 2.57. The first kappa shape index (κ1) is 12.1. The van der Waals surface area contributed by atoms with Crippen molar-refractivity contribution in [2.24, 2.45) is 5.10 Å². The maximum Gasteiger partial charge on any atom is 0.204 e. The van der Waals surface area contributed by atoms with Crippen molar-refractivity contribution in [1.29, 1.82) is 0 Å². The number of hydrogen-bond donors (Lipinski definition) is 1. The molecule has 0 saturated carbocycles. The van der Waals surface area contributed by atoms with E-state index in [1.807, 2.05) is 48.5 Å². The van der Waals surface area contributed by atoms with E-state index in [1.54, 1.807) is 17.6 Å². The Morgan fingerprint density at radius 1 is 1.11 bits per heavy atom. The Morgan fingerprint density at radius 3 is 2.68 bits per heavy atom. The van der Waals surface area contributed by atoms with Crippen LogP contribution in [0.15, 0.2) is 53.6 Å². The van der Waals surface area contributed by atoms with Crippen molar-refractivity contribution in [3.63, 3.8) is 0 Å². The highest BCUT2D eigenvalue weighted by atomic mass is 35.5. The second-order valence-electron chi connectivity index (χ2n) is 3.91. The van der Waals surface area contributed by atoms with Gasteiger partial charge in [-0.05, 0) is 29.8 Å². The van der Waals surface area contributed by atoms with Crippen LogP contribution in [-0.2, 0) is 0 Å². The molecule has 3 rings (SSSR count). The van der Waals surface area contributed by atoms with Gasteiger partial charge in [-0.1, -0.05) is 47.2 Å². The third-order valence-electron chi connectivity index (χ3n) is 2.54. The highest BCUT2D eigenvalue weighted by Gasteiger charge is 2.00. The Hall–Kier alpha value is -1.91. The number of fused-ring (bicyclic) bond motifs is 1. The second kappa shape index (κ2) is 5.38. The van der Waals surface area contributed by atoms with Crippen molar-refractivity contribution < 1.29 is 0 Å². The number of benzene rings is 2. The van der Waals surface area contributed by atoms with E-state index in [-0.39, 0.29) is 0 Å². The maximum atomic E-state index is 5.82. The molecule has 0 fully saturated rings. The fourth-order valence-electron chi connectivity index (χ4n) is 1.63. The lowest BCUT2D eigenvalue weighted by molar-refractivity contribution is 1.31. The molecule has 0 unspecified atom stereocenters. The molecule has 0 aliphatic carbocycles. The van der Waals surface area contributed by atoms with Gasteiger partial charge in [-0.15, -0.1) is 0 Å². The number of nitrogens with one attached hydrogen (secondary N) is 1. The molecule has 0 spiro atoms. The van der Waals surface area contributed by atoms with Crippen LogP contribution >= 0.6 is 22.9 Å². The molecule has 19 heavy (non-hydrogen) atoms. The van der Waals surface area contributed by atoms with Gasteiger partial charge in [-0.3, -0.25) is 5.43 Å². The minimum atomic E-state index is 0.719. The zero-order valence-electron chi connectivity index (χ0n) is 9.88. The first-order chi connectivity index (χ1) is 9.31. The number of nitrogens with zero attached hydrogens (tertiary/aromatic N) is 2. The first-order valence-electron chi connectivity index (χ1n) is 5.71. The van der Waals surface area contributed by atoms with E-state index >= 15 is 0 Å². The molecule has 0 atom stereocenters. The summed E-state index contributed by atoms with van der Waals surface area (Å²) in [5, 5.41) is 5.67. The van der Waals surface area contributed by atoms with Crippen LogP contribution in [0.2, 0.25) is 5.02 Å². The third kappa shape index (κ3) is 2.92. The number of aromatic nitrogens is 1. The van der Waals surface area contributed by atoms with Crippen molar-refractivity contribution in [3.05, 3.63) is 59.1 Å². The highest BCUT2D eigenvalue weighted by molar-refractivity contribution is 7.22. The van der Waals surface area contributed by atoms with Crippen molar-refractivity contribution in [2.45, 2.75) is 0 Å². The van der Waals surface area contributed by atoms with Crippen molar-refractivity contribution in [3.8, 4) is 0 Å². The predicted octanol–water partition coefficient (Wildman–Crippen LogP) is 4.40. The van der Waals surface area contributed by atoms with Crippen LogP contribution in [0.1, 0.15) is 5.56 Å². The predicted molar refractivity (Wildman–Crippen MR) is 82.3 cm³/mol. The van der Waals surface area contributed by atoms with Crippen molar-refractivity contribution >= 4 is 44.5 Å². The summed E-state index contributed by atoms with van der Waals surface area (Å²) < 4.78 is 1.15. The van der Waals surface area contributed by atoms with E-state index in [2.05, 4.69) is 15.5 Å². The molecule has 0 amide bonds. The zero-order valence-corrected chi connectivity index (χ0v) is 11.4. The lowest BCUT2D eigenvalue weighted by atomic mass is 10.2. The quantitative estimate of drug-likeness (QED) is 0.573. The van der Waals surface area contributed by atoms with Gasteiger partial charge in [0.25, 0.3) is 0 Å². The molecule has 5 heteroatoms. The van der Waals surface area contributed by atoms with Crippen LogP contribution in [0.25, 0.3) is 10.2 Å². The first-order valence-corrected chi connectivity index (χ1v) is 6.91. The molecule has 1 N–H and O–H groups in total. The molecule has 0 aliphatic heterocycles. The number of para-hydroxylation sites is 1. The molecule has 94 valence electrons. The Balaban J connectivity index is 1.73. The molecule has 1 heterocycles. The van der Waals surface area contributed by atoms with E-state index < -0.39 is 0 Å². The topological polar surface area (TPSA) is 37.3 Å². The zero-order chi connectivity index (χ0) is 13.1. The lowest BCUT2D eigenvalue weighted by Gasteiger charge is -1.94. The largest absolute Gasteiger partial charge is 0.253 e. The highest BCUT2D eigenvalue weighted by Crippen LogP contribution is 2.25. The molecule has 0 saturated heterocycles. The van der Waals surface area contributed by atoms with Crippen molar-refractivity contribution in [2.75, 3.05) is 5.43 Å². The number of thiazole rings is 1. The molecular weight excluding hydrogens is 278 g/mol. The van der Waals surface area contributed by atoms with Gasteiger partial charge >= 0.3 is 0 Å². The van der Waals surface area contributed by atoms with Crippen LogP contribution in [0.4, 0.5) is 5.13 Å². The SMILES string of the molecule is Clc1ccc(/C=N/Nc2nc3ccccc3s2)cc1. The summed E-state index contributed by atoms with van der Waals surface area (Å²) in [7, 11) is 0. The van der Waals surface area contributed by atoms with E-state index in [1.165, 1.54) is 0 Å². The Labute approximate surface area is 119 Å². The minimum absolute atomic E-state index is 0.719. The summed E-state index contributed by atoms with van der Waals surface area (Å²) in [6.45, 7) is 0. The number of halogens is 1. The molecule has 3 nitrogen and oxygen atoms in total. The number of anilines is 1. The summed E-state index contributed by atoms with van der Waals surface area (Å²) in [5.41, 5.74) is 4.91. The molecule has 2 aromatic carbocycles. The van der Waals surface area contributed by atoms with E-state index in [4.69, 9.17) is 11.6 Å². The standard InChI is InChI=1S/C14H10ClN3S/c15-11-7-5-10(6-8-11)9-16-18-14-17-12-3-1-2-4-13(12)19-14/h1-9H,(H,17,18)/b16-9+. The van der Waals surface area contributed by atoms with Gasteiger partial charge in [0.05, 0.1) is 16.4 Å². The van der Waals surface area contributed by atoms with Gasteiger partial charge in [-0.25, -0.2) is 4.98 Å². The monoisotopic (exact) mass is 287 g/mol. The summed E-state index contributed by atoms with van der Waals surface area (Å²) in [6, 6.07) is 15.5. The summed E-state index contributed by atoms with van der Waals surface area (Å²) in [5.74, 6) is 0. The Bertz CT molecular complexity index is 686. The lowest BCUT2D eigenvalue weighted by Crippen LogP contribution is -1.89. The third-order valence-corrected chi connectivity index (χ3v) is 3.73. The minimum Gasteiger partial charge on any atom is -0.253 e. The van der Waals surface area contributed by atoms with E-state index in [9.17, 15) is 0 Å². The average molecular weight is 288 g/mol. The molecule has 0 aliphatic rings. The van der Waals surface area contributed by atoms with Crippen LogP contribution in [0.3, 0.4) is 0 Å². The molecule has 3 aromatic rings. The van der Waals surface area contributed by atoms with E-state index in [0.29, 0.717) is 0 Å². The summed E-state index contributed by atoms with van der Waals surface area (Å²) in [4.78, 5) is 4.43. The van der Waals surface area contributed by atoms with Gasteiger partial charge in [0.2, 0.25) is 5.13 Å². The maximum absolute atomic E-state index is 5.82. The van der Waals surface area contributed by atoms with Gasteiger partial charge in [0.15, 0.2) is 0 Å². The molecule has 0 bridgehead atoms. The Morgan fingerprint density at radius 2 is 1.89 bits per heavy atom. The molecule has 1 aromatic heterocycles. The Kier molecular flexibility index (Phi) is 3.44. The smallest absolute Gasteiger partial charge is 0.204 e. The number of hydrazone groups is 1. The van der Waals surface area contributed by atoms with Gasteiger partial charge < -0.3 is 0 Å². The van der Waals surface area contributed by atoms with Crippen molar-refractivity contribution in [1.82, 2.24) is 4.98 Å². The normalized spacial score (nSPS) is 11.2. The van der Waals surface area contributed by atoms with Gasteiger partial charge in [0.1, 0.15) is 0 Å². The summed E-state index contributed by atoms with van der Waals surface area (Å²) >= 11 is 7.40. The summed E-state index contributed by atoms with van der Waals surface area (Å²) in [6.07, 6.45) is 1.74. The van der Waals surface area contributed by atoms with Crippen LogP contribution in [0, 0.1) is 0 Å². The van der Waals surface area contributed by atoms with Gasteiger partial charge in [0, 0.05) is 5.02 Å². The molecular formula is C14H10ClN3S. The second-order valence-corrected chi connectivity index (χ2v) is 5.38. The fraction of sp³-hybridized carbons (Fsp3) is 0. The van der Waals surface area contributed by atoms with Crippen LogP contribution in [-0.4, -0.2) is 11.2 Å². The molecule has 0 radical (unpaired) electrons.